The Morgan fingerprint density at radius 2 is 1.82 bits per heavy atom. The standard InChI is InChI=1S/C10H9BF3NO2/c1-16-10-6-7-15(17-11(12,13)14)9-5-3-2-4-8(9)10/h2-7H,1H3. The molecule has 0 N–H and O–H groups in total. The summed E-state index contributed by atoms with van der Waals surface area (Å²) >= 11 is 0. The average Bonchev–Trinajstić information content (AvgIpc) is 2.28. The van der Waals surface area contributed by atoms with Crippen LogP contribution in [0.2, 0.25) is 0 Å². The molecule has 0 fully saturated rings. The maximum Gasteiger partial charge on any atom is 0.752 e. The second-order valence-electron chi connectivity index (χ2n) is 3.35. The molecule has 0 bridgehead atoms. The van der Waals surface area contributed by atoms with E-state index >= 15 is 0 Å². The Balaban J connectivity index is 2.59. The van der Waals surface area contributed by atoms with Gasteiger partial charge in [0.2, 0.25) is 6.20 Å². The molecule has 1 aromatic heterocycles. The monoisotopic (exact) mass is 243 g/mol. The van der Waals surface area contributed by atoms with Crippen LogP contribution in [-0.2, 0) is 0 Å². The first kappa shape index (κ1) is 11.6. The molecule has 0 aliphatic heterocycles. The molecule has 0 spiro atoms. The minimum Gasteiger partial charge on any atom is -0.496 e. The number of ether oxygens (including phenoxy) is 1. The van der Waals surface area contributed by atoms with Crippen LogP contribution in [0, 0.1) is 0 Å². The smallest absolute Gasteiger partial charge is 0.496 e. The van der Waals surface area contributed by atoms with E-state index in [-0.39, 0.29) is 0 Å². The molecule has 17 heavy (non-hydrogen) atoms. The number of hydrogen-bond acceptors (Lipinski definition) is 2. The highest BCUT2D eigenvalue weighted by atomic mass is 19.4. The minimum absolute atomic E-state index is 0.297. The number of fused-ring (bicyclic) bond motifs is 1. The number of nitrogens with zero attached hydrogens (tertiary/aromatic N) is 1. The maximum absolute atomic E-state index is 12.2. The molecule has 1 aromatic carbocycles. The van der Waals surface area contributed by atoms with Gasteiger partial charge in [-0.15, -0.1) is 0 Å². The van der Waals surface area contributed by atoms with Gasteiger partial charge in [-0.1, -0.05) is 12.1 Å². The first-order chi connectivity index (χ1) is 8.01. The topological polar surface area (TPSA) is 22.3 Å². The van der Waals surface area contributed by atoms with Crippen LogP contribution in [0.3, 0.4) is 0 Å². The molecule has 0 saturated heterocycles. The van der Waals surface area contributed by atoms with Gasteiger partial charge >= 0.3 is 7.18 Å². The number of hydrogen-bond donors (Lipinski definition) is 0. The molecule has 0 unspecified atom stereocenters. The summed E-state index contributed by atoms with van der Waals surface area (Å²) < 4.78 is 46.4. The predicted octanol–water partition coefficient (Wildman–Crippen LogP) is 1.91. The van der Waals surface area contributed by atoms with E-state index in [1.807, 2.05) is 0 Å². The van der Waals surface area contributed by atoms with Gasteiger partial charge in [0.25, 0.3) is 5.52 Å². The third kappa shape index (κ3) is 2.43. The van der Waals surface area contributed by atoms with Crippen LogP contribution in [0.5, 0.6) is 5.75 Å². The number of pyridine rings is 1. The molecule has 7 heteroatoms. The fourth-order valence-electron chi connectivity index (χ4n) is 1.58. The first-order valence-electron chi connectivity index (χ1n) is 4.87. The molecule has 3 nitrogen and oxygen atoms in total. The van der Waals surface area contributed by atoms with Crippen LogP contribution in [0.25, 0.3) is 10.9 Å². The van der Waals surface area contributed by atoms with Crippen molar-refractivity contribution < 1.29 is 27.2 Å². The van der Waals surface area contributed by atoms with E-state index in [0.29, 0.717) is 21.4 Å². The molecule has 0 aliphatic carbocycles. The fraction of sp³-hybridized carbons (Fsp3) is 0.100. The van der Waals surface area contributed by atoms with Crippen LogP contribution in [0.1, 0.15) is 0 Å². The van der Waals surface area contributed by atoms with Crippen molar-refractivity contribution in [2.45, 2.75) is 0 Å². The van der Waals surface area contributed by atoms with Gasteiger partial charge in [0.15, 0.2) is 0 Å². The number of aromatic nitrogens is 1. The number of para-hydroxylation sites is 1. The van der Waals surface area contributed by atoms with Gasteiger partial charge in [-0.3, -0.25) is 0 Å². The van der Waals surface area contributed by atoms with Crippen molar-refractivity contribution in [3.8, 4) is 5.75 Å². The Morgan fingerprint density at radius 3 is 2.47 bits per heavy atom. The molecule has 0 atom stereocenters. The van der Waals surface area contributed by atoms with Crippen LogP contribution < -0.4 is 14.2 Å². The Kier molecular flexibility index (Phi) is 2.83. The zero-order chi connectivity index (χ0) is 12.5. The molecule has 0 radical (unpaired) electrons. The Hall–Kier alpha value is -1.92. The van der Waals surface area contributed by atoms with Gasteiger partial charge in [-0.05, 0) is 10.8 Å². The summed E-state index contributed by atoms with van der Waals surface area (Å²) in [5.74, 6) is 0.495. The minimum atomic E-state index is -5.36. The third-order valence-electron chi connectivity index (χ3n) is 2.22. The molecule has 90 valence electrons. The lowest BCUT2D eigenvalue weighted by atomic mass is 10.2. The van der Waals surface area contributed by atoms with E-state index in [9.17, 15) is 12.9 Å². The molecule has 2 aromatic rings. The highest BCUT2D eigenvalue weighted by molar-refractivity contribution is 6.50. The summed E-state index contributed by atoms with van der Waals surface area (Å²) in [5.41, 5.74) is 0.297. The number of rotatable bonds is 3. The number of halogens is 3. The lowest BCUT2D eigenvalue weighted by Crippen LogP contribution is -2.52. The van der Waals surface area contributed by atoms with Crippen LogP contribution in [0.4, 0.5) is 12.9 Å². The van der Waals surface area contributed by atoms with Gasteiger partial charge in [0.05, 0.1) is 12.5 Å². The third-order valence-corrected chi connectivity index (χ3v) is 2.22. The van der Waals surface area contributed by atoms with E-state index < -0.39 is 7.18 Å². The van der Waals surface area contributed by atoms with Crippen molar-refractivity contribution in [3.63, 3.8) is 0 Å². The second kappa shape index (κ2) is 4.16. The highest BCUT2D eigenvalue weighted by Crippen LogP contribution is 2.21. The van der Waals surface area contributed by atoms with Gasteiger partial charge < -0.3 is 22.4 Å². The number of methoxy groups -OCH3 is 1. The second-order valence-corrected chi connectivity index (χ2v) is 3.35. The van der Waals surface area contributed by atoms with E-state index in [0.717, 1.165) is 0 Å². The van der Waals surface area contributed by atoms with Crippen molar-refractivity contribution in [1.29, 1.82) is 0 Å². The summed E-state index contributed by atoms with van der Waals surface area (Å²) in [6, 6.07) is 7.96. The van der Waals surface area contributed by atoms with Gasteiger partial charge in [-0.25, -0.2) is 0 Å². The summed E-state index contributed by atoms with van der Waals surface area (Å²) in [6.45, 7) is 0. The summed E-state index contributed by atoms with van der Waals surface area (Å²) in [6.07, 6.45) is 1.18. The first-order valence-corrected chi connectivity index (χ1v) is 4.87. The summed E-state index contributed by atoms with van der Waals surface area (Å²) in [7, 11) is -3.90. The SMILES string of the molecule is COc1cc[n+](O[B-](F)(F)F)c2ccccc12. The lowest BCUT2D eigenvalue weighted by Gasteiger charge is -2.12. The van der Waals surface area contributed by atoms with Crippen molar-refractivity contribution in [2.75, 3.05) is 7.11 Å². The average molecular weight is 243 g/mol. The normalized spacial score (nSPS) is 11.5. The fourth-order valence-corrected chi connectivity index (χ4v) is 1.58. The largest absolute Gasteiger partial charge is 0.752 e. The summed E-state index contributed by atoms with van der Waals surface area (Å²) in [5, 5.41) is 0.553. The zero-order valence-corrected chi connectivity index (χ0v) is 8.94. The molecule has 0 aliphatic rings. The predicted molar refractivity (Wildman–Crippen MR) is 56.4 cm³/mol. The van der Waals surface area contributed by atoms with Gasteiger partial charge in [-0.2, -0.15) is 0 Å². The van der Waals surface area contributed by atoms with Crippen molar-refractivity contribution >= 4 is 18.1 Å². The maximum atomic E-state index is 12.2. The van der Waals surface area contributed by atoms with Crippen molar-refractivity contribution in [3.05, 3.63) is 36.5 Å². The van der Waals surface area contributed by atoms with Gasteiger partial charge in [0, 0.05) is 12.1 Å². The molecular formula is C10H9BF3NO2. The quantitative estimate of drug-likeness (QED) is 0.606. The zero-order valence-electron chi connectivity index (χ0n) is 8.94. The summed E-state index contributed by atoms with van der Waals surface area (Å²) in [4.78, 5) is 0. The van der Waals surface area contributed by atoms with E-state index in [4.69, 9.17) is 4.74 Å². The van der Waals surface area contributed by atoms with Crippen molar-refractivity contribution in [2.24, 2.45) is 0 Å². The molecule has 2 rings (SSSR count). The van der Waals surface area contributed by atoms with E-state index in [2.05, 4.69) is 4.76 Å². The molecule has 0 amide bonds. The van der Waals surface area contributed by atoms with Gasteiger partial charge in [0.1, 0.15) is 5.75 Å². The molecular weight excluding hydrogens is 234 g/mol. The Labute approximate surface area is 95.4 Å². The van der Waals surface area contributed by atoms with E-state index in [1.165, 1.54) is 25.4 Å². The van der Waals surface area contributed by atoms with Crippen LogP contribution >= 0.6 is 0 Å². The van der Waals surface area contributed by atoms with Crippen molar-refractivity contribution in [1.82, 2.24) is 0 Å². The highest BCUT2D eigenvalue weighted by Gasteiger charge is 2.35. The number of benzene rings is 1. The van der Waals surface area contributed by atoms with E-state index in [1.54, 1.807) is 18.2 Å². The Bertz CT molecular complexity index is 545. The van der Waals surface area contributed by atoms with Crippen LogP contribution in [0.15, 0.2) is 36.5 Å². The molecule has 0 saturated carbocycles. The van der Waals surface area contributed by atoms with Crippen LogP contribution in [-0.4, -0.2) is 14.3 Å². The Morgan fingerprint density at radius 1 is 1.12 bits per heavy atom. The molecule has 1 heterocycles. The lowest BCUT2D eigenvalue weighted by molar-refractivity contribution is -0.847.